The first-order valence-corrected chi connectivity index (χ1v) is 11.1. The van der Waals surface area contributed by atoms with E-state index in [0.29, 0.717) is 23.6 Å². The first-order chi connectivity index (χ1) is 17.4. The van der Waals surface area contributed by atoms with Crippen LogP contribution < -0.4 is 15.4 Å². The summed E-state index contributed by atoms with van der Waals surface area (Å²) in [6, 6.07) is 16.0. The summed E-state index contributed by atoms with van der Waals surface area (Å²) in [5.41, 5.74) is 1.44. The number of aryl methyl sites for hydroxylation is 1. The predicted molar refractivity (Wildman–Crippen MR) is 130 cm³/mol. The van der Waals surface area contributed by atoms with Gasteiger partial charge in [0.2, 0.25) is 0 Å². The zero-order chi connectivity index (χ0) is 25.5. The van der Waals surface area contributed by atoms with Gasteiger partial charge in [0, 0.05) is 30.4 Å². The first kappa shape index (κ1) is 24.2. The summed E-state index contributed by atoms with van der Waals surface area (Å²) in [6.45, 7) is 2.74. The number of ether oxygens (including phenoxy) is 1. The molecule has 11 nitrogen and oxygen atoms in total. The van der Waals surface area contributed by atoms with E-state index in [1.165, 1.54) is 30.5 Å². The number of nitrogens with one attached hydrogen (secondary N) is 2. The SMILES string of the molecule is CCn1cc(NC(=O)c2cccc(COc3ccc([N+](=O)[O-])cc3)c2)c(C(=O)NCc2ccco2)n1. The Morgan fingerprint density at radius 1 is 1.11 bits per heavy atom. The molecule has 0 bridgehead atoms. The van der Waals surface area contributed by atoms with Crippen LogP contribution >= 0.6 is 0 Å². The van der Waals surface area contributed by atoms with Gasteiger partial charge in [-0.05, 0) is 48.9 Å². The lowest BCUT2D eigenvalue weighted by Crippen LogP contribution is -2.25. The molecule has 11 heteroatoms. The zero-order valence-corrected chi connectivity index (χ0v) is 19.3. The number of anilines is 1. The van der Waals surface area contributed by atoms with Crippen molar-refractivity contribution in [2.45, 2.75) is 26.6 Å². The number of rotatable bonds is 10. The molecule has 0 aliphatic heterocycles. The van der Waals surface area contributed by atoms with Crippen LogP contribution in [0.2, 0.25) is 0 Å². The van der Waals surface area contributed by atoms with Crippen molar-refractivity contribution in [2.24, 2.45) is 0 Å². The fraction of sp³-hybridized carbons (Fsp3) is 0.160. The van der Waals surface area contributed by atoms with E-state index in [-0.39, 0.29) is 30.2 Å². The monoisotopic (exact) mass is 489 g/mol. The molecule has 4 aromatic rings. The highest BCUT2D eigenvalue weighted by molar-refractivity contribution is 6.08. The lowest BCUT2D eigenvalue weighted by Gasteiger charge is -2.09. The third-order valence-electron chi connectivity index (χ3n) is 5.19. The maximum absolute atomic E-state index is 13.0. The lowest BCUT2D eigenvalue weighted by atomic mass is 10.1. The van der Waals surface area contributed by atoms with Gasteiger partial charge in [-0.1, -0.05) is 12.1 Å². The number of nitro groups is 1. The van der Waals surface area contributed by atoms with Crippen molar-refractivity contribution in [3.05, 3.63) is 106 Å². The predicted octanol–water partition coefficient (Wildman–Crippen LogP) is 4.17. The molecular weight excluding hydrogens is 466 g/mol. The quantitative estimate of drug-likeness (QED) is 0.252. The molecular formula is C25H23N5O6. The lowest BCUT2D eigenvalue weighted by molar-refractivity contribution is -0.384. The Morgan fingerprint density at radius 2 is 1.92 bits per heavy atom. The number of carbonyl (C=O) groups is 2. The van der Waals surface area contributed by atoms with Gasteiger partial charge in [-0.2, -0.15) is 5.10 Å². The molecule has 2 N–H and O–H groups in total. The number of hydrogen-bond acceptors (Lipinski definition) is 7. The van der Waals surface area contributed by atoms with Crippen LogP contribution in [0.25, 0.3) is 0 Å². The van der Waals surface area contributed by atoms with Crippen molar-refractivity contribution in [2.75, 3.05) is 5.32 Å². The van der Waals surface area contributed by atoms with Gasteiger partial charge in [0.25, 0.3) is 17.5 Å². The van der Waals surface area contributed by atoms with Crippen LogP contribution in [0.5, 0.6) is 5.75 Å². The van der Waals surface area contributed by atoms with Gasteiger partial charge in [0.1, 0.15) is 18.1 Å². The van der Waals surface area contributed by atoms with Gasteiger partial charge in [-0.25, -0.2) is 0 Å². The molecule has 0 aliphatic rings. The average molecular weight is 489 g/mol. The molecule has 4 rings (SSSR count). The summed E-state index contributed by atoms with van der Waals surface area (Å²) in [7, 11) is 0. The van der Waals surface area contributed by atoms with Crippen LogP contribution in [-0.4, -0.2) is 26.5 Å². The molecule has 0 saturated carbocycles. The topological polar surface area (TPSA) is 142 Å². The van der Waals surface area contributed by atoms with Crippen LogP contribution in [0.3, 0.4) is 0 Å². The summed E-state index contributed by atoms with van der Waals surface area (Å²) >= 11 is 0. The minimum Gasteiger partial charge on any atom is -0.489 e. The van der Waals surface area contributed by atoms with Crippen molar-refractivity contribution < 1.29 is 23.7 Å². The number of aromatic nitrogens is 2. The molecule has 2 aromatic carbocycles. The smallest absolute Gasteiger partial charge is 0.274 e. The summed E-state index contributed by atoms with van der Waals surface area (Å²) < 4.78 is 12.5. The maximum atomic E-state index is 13.0. The molecule has 184 valence electrons. The highest BCUT2D eigenvalue weighted by Crippen LogP contribution is 2.20. The Balaban J connectivity index is 1.42. The minimum atomic E-state index is -0.482. The summed E-state index contributed by atoms with van der Waals surface area (Å²) in [4.78, 5) is 36.0. The largest absolute Gasteiger partial charge is 0.489 e. The maximum Gasteiger partial charge on any atom is 0.274 e. The van der Waals surface area contributed by atoms with Crippen LogP contribution in [0.15, 0.2) is 77.5 Å². The van der Waals surface area contributed by atoms with E-state index in [4.69, 9.17) is 9.15 Å². The third-order valence-corrected chi connectivity index (χ3v) is 5.19. The second kappa shape index (κ2) is 11.0. The third kappa shape index (κ3) is 5.95. The van der Waals surface area contributed by atoms with Crippen molar-refractivity contribution in [3.8, 4) is 5.75 Å². The van der Waals surface area contributed by atoms with Crippen molar-refractivity contribution in [1.29, 1.82) is 0 Å². The molecule has 0 saturated heterocycles. The fourth-order valence-corrected chi connectivity index (χ4v) is 3.33. The molecule has 2 heterocycles. The van der Waals surface area contributed by atoms with Gasteiger partial charge in [-0.3, -0.25) is 24.4 Å². The van der Waals surface area contributed by atoms with Crippen molar-refractivity contribution in [1.82, 2.24) is 15.1 Å². The van der Waals surface area contributed by atoms with E-state index in [9.17, 15) is 19.7 Å². The highest BCUT2D eigenvalue weighted by atomic mass is 16.6. The number of benzene rings is 2. The number of carbonyl (C=O) groups excluding carboxylic acids is 2. The van der Waals surface area contributed by atoms with E-state index < -0.39 is 16.7 Å². The fourth-order valence-electron chi connectivity index (χ4n) is 3.33. The second-order valence-electron chi connectivity index (χ2n) is 7.70. The van der Waals surface area contributed by atoms with E-state index in [1.54, 1.807) is 47.3 Å². The van der Waals surface area contributed by atoms with Gasteiger partial charge in [0.05, 0.1) is 23.4 Å². The Labute approximate surface area is 205 Å². The molecule has 36 heavy (non-hydrogen) atoms. The zero-order valence-electron chi connectivity index (χ0n) is 19.3. The molecule has 0 radical (unpaired) electrons. The van der Waals surface area contributed by atoms with Crippen LogP contribution in [0.4, 0.5) is 11.4 Å². The summed E-state index contributed by atoms with van der Waals surface area (Å²) in [6.07, 6.45) is 3.12. The molecule has 0 aliphatic carbocycles. The van der Waals surface area contributed by atoms with Gasteiger partial charge >= 0.3 is 0 Å². The van der Waals surface area contributed by atoms with Crippen molar-refractivity contribution >= 4 is 23.2 Å². The van der Waals surface area contributed by atoms with E-state index in [0.717, 1.165) is 5.56 Å². The Hall–Kier alpha value is -4.93. The van der Waals surface area contributed by atoms with Crippen LogP contribution in [0, 0.1) is 10.1 Å². The number of furan rings is 1. The van der Waals surface area contributed by atoms with Gasteiger partial charge < -0.3 is 19.8 Å². The van der Waals surface area contributed by atoms with Crippen molar-refractivity contribution in [3.63, 3.8) is 0 Å². The van der Waals surface area contributed by atoms with Gasteiger partial charge in [0.15, 0.2) is 5.69 Å². The molecule has 0 unspecified atom stereocenters. The molecule has 2 amide bonds. The van der Waals surface area contributed by atoms with E-state index in [2.05, 4.69) is 15.7 Å². The molecule has 0 atom stereocenters. The Morgan fingerprint density at radius 3 is 2.61 bits per heavy atom. The molecule has 0 fully saturated rings. The number of amides is 2. The van der Waals surface area contributed by atoms with Crippen LogP contribution in [-0.2, 0) is 19.7 Å². The Kier molecular flexibility index (Phi) is 7.39. The average Bonchev–Trinajstić information content (AvgIpc) is 3.56. The Bertz CT molecular complexity index is 1360. The first-order valence-electron chi connectivity index (χ1n) is 11.1. The highest BCUT2D eigenvalue weighted by Gasteiger charge is 2.19. The number of hydrogen-bond donors (Lipinski definition) is 2. The second-order valence-corrected chi connectivity index (χ2v) is 7.70. The number of nitrogens with zero attached hydrogens (tertiary/aromatic N) is 3. The van der Waals surface area contributed by atoms with E-state index >= 15 is 0 Å². The number of nitro benzene ring substituents is 1. The van der Waals surface area contributed by atoms with Crippen LogP contribution in [0.1, 0.15) is 39.1 Å². The minimum absolute atomic E-state index is 0.0265. The standard InChI is InChI=1S/C25H23N5O6/c1-2-29-15-22(23(28-29)25(32)26-14-21-7-4-12-35-21)27-24(31)18-6-3-5-17(13-18)16-36-20-10-8-19(9-11-20)30(33)34/h3-13,15H,2,14,16H2,1H3,(H,26,32)(H,27,31). The summed E-state index contributed by atoms with van der Waals surface area (Å²) in [5.74, 6) is 0.200. The molecule has 0 spiro atoms. The van der Waals surface area contributed by atoms with Gasteiger partial charge in [-0.15, -0.1) is 0 Å². The molecule has 2 aromatic heterocycles. The summed E-state index contributed by atoms with van der Waals surface area (Å²) in [5, 5.41) is 20.5. The van der Waals surface area contributed by atoms with E-state index in [1.807, 2.05) is 6.92 Å². The number of non-ortho nitro benzene ring substituents is 1. The normalized spacial score (nSPS) is 10.6.